The molecule has 19 heavy (non-hydrogen) atoms. The van der Waals surface area contributed by atoms with Crippen molar-refractivity contribution in [3.63, 3.8) is 0 Å². The molecule has 101 valence electrons. The molecule has 0 N–H and O–H groups in total. The normalized spacial score (nSPS) is 10.3. The Labute approximate surface area is 111 Å². The maximum Gasteiger partial charge on any atom is 0.262 e. The summed E-state index contributed by atoms with van der Waals surface area (Å²) in [5.74, 6) is 1.31. The van der Waals surface area contributed by atoms with E-state index < -0.39 is 0 Å². The zero-order valence-electron chi connectivity index (χ0n) is 11.3. The lowest BCUT2D eigenvalue weighted by Gasteiger charge is -2.14. The molecule has 0 aliphatic carbocycles. The van der Waals surface area contributed by atoms with Gasteiger partial charge in [0.25, 0.3) is 5.75 Å². The first-order valence-corrected chi connectivity index (χ1v) is 5.64. The second kappa shape index (κ2) is 5.14. The van der Waals surface area contributed by atoms with Gasteiger partial charge in [0.1, 0.15) is 11.5 Å². The Morgan fingerprint density at radius 3 is 1.95 bits per heavy atom. The summed E-state index contributed by atoms with van der Waals surface area (Å²) in [4.78, 5) is 0. The molecule has 0 bridgehead atoms. The van der Waals surface area contributed by atoms with Crippen LogP contribution in [0.2, 0.25) is 0 Å². The molecule has 0 heterocycles. The third-order valence-corrected chi connectivity index (χ3v) is 2.95. The minimum absolute atomic E-state index is 0.214. The molecule has 0 fully saturated rings. The Balaban J connectivity index is 2.89. The lowest BCUT2D eigenvalue weighted by Crippen LogP contribution is -1.94. The van der Waals surface area contributed by atoms with Crippen molar-refractivity contribution >= 4 is 10.8 Å². The second-order valence-electron chi connectivity index (χ2n) is 3.87. The number of benzene rings is 2. The first kappa shape index (κ1) is 13.1. The van der Waals surface area contributed by atoms with Crippen molar-refractivity contribution in [2.75, 3.05) is 28.4 Å². The summed E-state index contributed by atoms with van der Waals surface area (Å²) in [6.45, 7) is 0. The Morgan fingerprint density at radius 1 is 0.737 bits per heavy atom. The second-order valence-corrected chi connectivity index (χ2v) is 3.87. The van der Waals surface area contributed by atoms with Crippen LogP contribution in [0.3, 0.4) is 0 Å². The molecule has 0 amide bonds. The fraction of sp³-hybridized carbons (Fsp3) is 0.286. The van der Waals surface area contributed by atoms with Crippen LogP contribution in [0.25, 0.3) is 10.8 Å². The third-order valence-electron chi connectivity index (χ3n) is 2.95. The van der Waals surface area contributed by atoms with Gasteiger partial charge in [0.05, 0.1) is 28.4 Å². The van der Waals surface area contributed by atoms with E-state index in [1.54, 1.807) is 32.4 Å². The molecule has 2 rings (SSSR count). The van der Waals surface area contributed by atoms with Crippen molar-refractivity contribution in [3.05, 3.63) is 18.2 Å². The van der Waals surface area contributed by atoms with Crippen molar-refractivity contribution in [2.24, 2.45) is 0 Å². The number of methoxy groups -OCH3 is 4. The van der Waals surface area contributed by atoms with Gasteiger partial charge < -0.3 is 18.9 Å². The van der Waals surface area contributed by atoms with Crippen molar-refractivity contribution in [3.8, 4) is 28.7 Å². The molecule has 0 aromatic heterocycles. The van der Waals surface area contributed by atoms with Crippen LogP contribution in [0.4, 0.5) is 0 Å². The first-order chi connectivity index (χ1) is 9.15. The summed E-state index contributed by atoms with van der Waals surface area (Å²) in [7, 11) is 5.99. The maximum atomic E-state index is 12.1. The van der Waals surface area contributed by atoms with Crippen LogP contribution in [0.5, 0.6) is 28.7 Å². The van der Waals surface area contributed by atoms with Gasteiger partial charge in [0.15, 0.2) is 11.5 Å². The molecule has 0 saturated carbocycles. The Bertz CT molecular complexity index is 607. The highest BCUT2D eigenvalue weighted by molar-refractivity contribution is 5.98. The van der Waals surface area contributed by atoms with Crippen LogP contribution in [-0.4, -0.2) is 28.4 Å². The molecule has 0 saturated heterocycles. The zero-order chi connectivity index (χ0) is 14.0. The van der Waals surface area contributed by atoms with Crippen LogP contribution >= 0.6 is 0 Å². The molecule has 5 heteroatoms. The predicted octanol–water partition coefficient (Wildman–Crippen LogP) is 3.02. The molecule has 0 aliphatic heterocycles. The summed E-state index contributed by atoms with van der Waals surface area (Å²) in [5.41, 5.74) is 0. The smallest absolute Gasteiger partial charge is 0.262 e. The van der Waals surface area contributed by atoms with Crippen LogP contribution in [-0.2, 0) is 5.11 Å². The van der Waals surface area contributed by atoms with Gasteiger partial charge >= 0.3 is 0 Å². The van der Waals surface area contributed by atoms with Gasteiger partial charge in [-0.05, 0) is 12.1 Å². The summed E-state index contributed by atoms with van der Waals surface area (Å²) in [6, 6.07) is 5.11. The van der Waals surface area contributed by atoms with Crippen molar-refractivity contribution in [1.82, 2.24) is 0 Å². The van der Waals surface area contributed by atoms with E-state index in [0.717, 1.165) is 5.39 Å². The fourth-order valence-corrected chi connectivity index (χ4v) is 2.01. The first-order valence-electron chi connectivity index (χ1n) is 5.64. The Hall–Kier alpha value is -2.30. The van der Waals surface area contributed by atoms with E-state index in [-0.39, 0.29) is 17.2 Å². The number of fused-ring (bicyclic) bond motifs is 1. The van der Waals surface area contributed by atoms with Gasteiger partial charge in [0, 0.05) is 16.8 Å². The molecular formula is C14H15O5. The standard InChI is InChI=1S/C14H15O5/c1-16-8-5-10-9(11(6-8)17-2)7-12(18-3)13(15)14(10)19-4/h5-7H,1-4H3. The third kappa shape index (κ3) is 2.07. The van der Waals surface area contributed by atoms with Crippen molar-refractivity contribution in [2.45, 2.75) is 0 Å². The SMILES string of the molecule is COc1cc(OC)c2cc(OC)c([O])c(OC)c2c1. The van der Waals surface area contributed by atoms with Gasteiger partial charge in [-0.15, -0.1) is 0 Å². The molecule has 0 unspecified atom stereocenters. The van der Waals surface area contributed by atoms with Crippen LogP contribution in [0.15, 0.2) is 18.2 Å². The highest BCUT2D eigenvalue weighted by Crippen LogP contribution is 2.46. The molecule has 2 aromatic rings. The van der Waals surface area contributed by atoms with Gasteiger partial charge in [-0.3, -0.25) is 5.11 Å². The van der Waals surface area contributed by atoms with Crippen LogP contribution in [0, 0.1) is 0 Å². The molecule has 2 aromatic carbocycles. The number of hydrogen-bond acceptors (Lipinski definition) is 4. The molecule has 5 nitrogen and oxygen atoms in total. The molecular weight excluding hydrogens is 248 g/mol. The van der Waals surface area contributed by atoms with E-state index in [4.69, 9.17) is 18.9 Å². The summed E-state index contributed by atoms with van der Waals surface area (Å²) >= 11 is 0. The predicted molar refractivity (Wildman–Crippen MR) is 70.3 cm³/mol. The highest BCUT2D eigenvalue weighted by Gasteiger charge is 2.19. The van der Waals surface area contributed by atoms with E-state index in [1.165, 1.54) is 14.2 Å². The summed E-state index contributed by atoms with van der Waals surface area (Å²) in [6.07, 6.45) is 0. The zero-order valence-corrected chi connectivity index (χ0v) is 11.3. The minimum Gasteiger partial charge on any atom is -0.497 e. The lowest BCUT2D eigenvalue weighted by molar-refractivity contribution is 0.290. The maximum absolute atomic E-state index is 12.1. The van der Waals surface area contributed by atoms with Gasteiger partial charge in [0.2, 0.25) is 0 Å². The number of ether oxygens (including phenoxy) is 4. The number of hydrogen-bond donors (Lipinski definition) is 0. The van der Waals surface area contributed by atoms with E-state index in [1.807, 2.05) is 0 Å². The van der Waals surface area contributed by atoms with Crippen molar-refractivity contribution in [1.29, 1.82) is 0 Å². The molecule has 0 spiro atoms. The Kier molecular flexibility index (Phi) is 3.55. The van der Waals surface area contributed by atoms with Crippen LogP contribution in [0.1, 0.15) is 0 Å². The van der Waals surface area contributed by atoms with Crippen molar-refractivity contribution < 1.29 is 24.1 Å². The Morgan fingerprint density at radius 2 is 1.42 bits per heavy atom. The molecule has 1 radical (unpaired) electrons. The number of rotatable bonds is 4. The fourth-order valence-electron chi connectivity index (χ4n) is 2.01. The average molecular weight is 263 g/mol. The quantitative estimate of drug-likeness (QED) is 0.850. The van der Waals surface area contributed by atoms with Crippen LogP contribution < -0.4 is 18.9 Å². The summed E-state index contributed by atoms with van der Waals surface area (Å²) in [5, 5.41) is 13.5. The van der Waals surface area contributed by atoms with E-state index >= 15 is 0 Å². The van der Waals surface area contributed by atoms with Gasteiger partial charge in [-0.25, -0.2) is 0 Å². The highest BCUT2D eigenvalue weighted by atomic mass is 16.5. The molecule has 0 atom stereocenters. The van der Waals surface area contributed by atoms with E-state index in [9.17, 15) is 5.11 Å². The largest absolute Gasteiger partial charge is 0.497 e. The topological polar surface area (TPSA) is 56.8 Å². The van der Waals surface area contributed by atoms with E-state index in [0.29, 0.717) is 16.9 Å². The van der Waals surface area contributed by atoms with Gasteiger partial charge in [-0.2, -0.15) is 0 Å². The van der Waals surface area contributed by atoms with Gasteiger partial charge in [-0.1, -0.05) is 0 Å². The van der Waals surface area contributed by atoms with E-state index in [2.05, 4.69) is 0 Å². The average Bonchev–Trinajstić information content (AvgIpc) is 2.45. The monoisotopic (exact) mass is 263 g/mol. The summed E-state index contributed by atoms with van der Waals surface area (Å²) < 4.78 is 20.8. The lowest BCUT2D eigenvalue weighted by atomic mass is 10.1. The molecule has 0 aliphatic rings. The minimum atomic E-state index is -0.298.